The van der Waals surface area contributed by atoms with Crippen molar-refractivity contribution < 1.29 is 4.79 Å². The summed E-state index contributed by atoms with van der Waals surface area (Å²) >= 11 is 0. The van der Waals surface area contributed by atoms with E-state index >= 15 is 0 Å². The fourth-order valence-corrected chi connectivity index (χ4v) is 3.49. The lowest BCUT2D eigenvalue weighted by Gasteiger charge is -2.35. The van der Waals surface area contributed by atoms with E-state index in [1.54, 1.807) is 12.4 Å². The predicted molar refractivity (Wildman–Crippen MR) is 95.1 cm³/mol. The summed E-state index contributed by atoms with van der Waals surface area (Å²) in [5, 5.41) is 4.25. The van der Waals surface area contributed by atoms with Gasteiger partial charge in [0.1, 0.15) is 5.69 Å². The summed E-state index contributed by atoms with van der Waals surface area (Å²) in [5.74, 6) is -0.0107. The van der Waals surface area contributed by atoms with Crippen LogP contribution < -0.4 is 0 Å². The minimum Gasteiger partial charge on any atom is -0.334 e. The van der Waals surface area contributed by atoms with Crippen molar-refractivity contribution >= 4 is 16.9 Å². The average Bonchev–Trinajstić information content (AvgIpc) is 3.19. The number of rotatable bonds is 4. The Morgan fingerprint density at radius 3 is 2.88 bits per heavy atom. The van der Waals surface area contributed by atoms with Crippen LogP contribution in [-0.2, 0) is 6.54 Å². The number of likely N-dealkylation sites (tertiary alicyclic amines) is 1. The van der Waals surface area contributed by atoms with Gasteiger partial charge in [-0.3, -0.25) is 14.5 Å². The Labute approximate surface area is 146 Å². The average molecular weight is 335 g/mol. The highest BCUT2D eigenvalue weighted by Gasteiger charge is 2.28. The maximum Gasteiger partial charge on any atom is 0.274 e. The number of hydrogen-bond acceptors (Lipinski definition) is 4. The Bertz CT molecular complexity index is 861. The van der Waals surface area contributed by atoms with Gasteiger partial charge in [-0.2, -0.15) is 5.10 Å². The van der Waals surface area contributed by atoms with Crippen molar-refractivity contribution in [3.05, 3.63) is 54.6 Å². The SMILES string of the molecule is O=C(c1cnc2ccccc2n1)N1CCCCC1CCn1cccn1. The molecule has 2 aromatic heterocycles. The summed E-state index contributed by atoms with van der Waals surface area (Å²) in [4.78, 5) is 23.9. The normalized spacial score (nSPS) is 17.8. The molecule has 0 radical (unpaired) electrons. The second-order valence-corrected chi connectivity index (χ2v) is 6.45. The Morgan fingerprint density at radius 1 is 1.16 bits per heavy atom. The number of nitrogens with zero attached hydrogens (tertiary/aromatic N) is 5. The van der Waals surface area contributed by atoms with Crippen LogP contribution >= 0.6 is 0 Å². The van der Waals surface area contributed by atoms with Crippen LogP contribution in [0.3, 0.4) is 0 Å². The first-order valence-electron chi connectivity index (χ1n) is 8.81. The van der Waals surface area contributed by atoms with Crippen LogP contribution in [0.2, 0.25) is 0 Å². The minimum atomic E-state index is -0.0107. The molecule has 1 aliphatic rings. The lowest BCUT2D eigenvalue weighted by atomic mass is 9.99. The number of hydrogen-bond donors (Lipinski definition) is 0. The lowest BCUT2D eigenvalue weighted by molar-refractivity contribution is 0.0588. The summed E-state index contributed by atoms with van der Waals surface area (Å²) in [6, 6.07) is 9.80. The van der Waals surface area contributed by atoms with Crippen molar-refractivity contribution in [1.82, 2.24) is 24.6 Å². The molecule has 0 saturated carbocycles. The quantitative estimate of drug-likeness (QED) is 0.735. The van der Waals surface area contributed by atoms with Gasteiger partial charge in [-0.25, -0.2) is 4.98 Å². The van der Waals surface area contributed by atoms with Gasteiger partial charge < -0.3 is 4.90 Å². The molecule has 1 unspecified atom stereocenters. The van der Waals surface area contributed by atoms with E-state index in [2.05, 4.69) is 15.1 Å². The van der Waals surface area contributed by atoms with E-state index in [1.165, 1.54) is 0 Å². The largest absolute Gasteiger partial charge is 0.334 e. The molecule has 128 valence electrons. The van der Waals surface area contributed by atoms with Gasteiger partial charge in [-0.05, 0) is 43.9 Å². The van der Waals surface area contributed by atoms with Crippen molar-refractivity contribution in [3.8, 4) is 0 Å². The van der Waals surface area contributed by atoms with Gasteiger partial charge >= 0.3 is 0 Å². The van der Waals surface area contributed by atoms with Crippen LogP contribution in [0.25, 0.3) is 11.0 Å². The summed E-state index contributed by atoms with van der Waals surface area (Å²) in [7, 11) is 0. The zero-order valence-electron chi connectivity index (χ0n) is 14.1. The van der Waals surface area contributed by atoms with E-state index in [-0.39, 0.29) is 11.9 Å². The molecule has 0 bridgehead atoms. The molecule has 1 fully saturated rings. The first-order valence-corrected chi connectivity index (χ1v) is 8.81. The van der Waals surface area contributed by atoms with Gasteiger partial charge in [-0.1, -0.05) is 12.1 Å². The Hall–Kier alpha value is -2.76. The number of amides is 1. The van der Waals surface area contributed by atoms with Gasteiger partial charge in [0, 0.05) is 31.5 Å². The van der Waals surface area contributed by atoms with Crippen LogP contribution in [0.15, 0.2) is 48.9 Å². The topological polar surface area (TPSA) is 63.9 Å². The first kappa shape index (κ1) is 15.7. The van der Waals surface area contributed by atoms with Crippen molar-refractivity contribution in [2.75, 3.05) is 6.54 Å². The molecule has 3 heterocycles. The monoisotopic (exact) mass is 335 g/mol. The molecule has 3 aromatic rings. The zero-order valence-corrected chi connectivity index (χ0v) is 14.1. The molecule has 0 aliphatic carbocycles. The molecule has 1 aromatic carbocycles. The van der Waals surface area contributed by atoms with E-state index in [4.69, 9.17) is 0 Å². The summed E-state index contributed by atoms with van der Waals surface area (Å²) in [5.41, 5.74) is 2.01. The molecule has 25 heavy (non-hydrogen) atoms. The number of carbonyl (C=O) groups is 1. The molecule has 4 rings (SSSR count). The molecule has 0 N–H and O–H groups in total. The van der Waals surface area contributed by atoms with Gasteiger partial charge in [0.2, 0.25) is 0 Å². The number of carbonyl (C=O) groups excluding carboxylic acids is 1. The molecule has 0 spiro atoms. The highest BCUT2D eigenvalue weighted by atomic mass is 16.2. The fraction of sp³-hybridized carbons (Fsp3) is 0.368. The number of piperidine rings is 1. The predicted octanol–water partition coefficient (Wildman–Crippen LogP) is 2.91. The standard InChI is InChI=1S/C19H21N5O/c25-19(18-14-20-16-7-1-2-8-17(16)22-18)24-12-4-3-6-15(24)9-13-23-11-5-10-21-23/h1-2,5,7-8,10-11,14-15H,3-4,6,9,12-13H2. The second kappa shape index (κ2) is 7.01. The van der Waals surface area contributed by atoms with E-state index in [9.17, 15) is 4.79 Å². The Balaban J connectivity index is 1.52. The number of para-hydroxylation sites is 2. The summed E-state index contributed by atoms with van der Waals surface area (Å²) < 4.78 is 1.92. The molecular weight excluding hydrogens is 314 g/mol. The molecule has 6 heteroatoms. The molecule has 1 saturated heterocycles. The van der Waals surface area contributed by atoms with Gasteiger partial charge in [-0.15, -0.1) is 0 Å². The van der Waals surface area contributed by atoms with E-state index in [0.29, 0.717) is 5.69 Å². The van der Waals surface area contributed by atoms with Crippen LogP contribution in [0.1, 0.15) is 36.2 Å². The third-order valence-electron chi connectivity index (χ3n) is 4.81. The maximum atomic E-state index is 13.0. The maximum absolute atomic E-state index is 13.0. The number of aryl methyl sites for hydroxylation is 1. The molecular formula is C19H21N5O. The fourth-order valence-electron chi connectivity index (χ4n) is 3.49. The van der Waals surface area contributed by atoms with Crippen molar-refractivity contribution in [1.29, 1.82) is 0 Å². The van der Waals surface area contributed by atoms with E-state index in [1.807, 2.05) is 46.1 Å². The van der Waals surface area contributed by atoms with Crippen LogP contribution in [0.4, 0.5) is 0 Å². The van der Waals surface area contributed by atoms with E-state index < -0.39 is 0 Å². The Morgan fingerprint density at radius 2 is 2.04 bits per heavy atom. The molecule has 1 amide bonds. The lowest BCUT2D eigenvalue weighted by Crippen LogP contribution is -2.44. The highest BCUT2D eigenvalue weighted by molar-refractivity contribution is 5.94. The third-order valence-corrected chi connectivity index (χ3v) is 4.81. The molecule has 1 atom stereocenters. The van der Waals surface area contributed by atoms with Gasteiger partial charge in [0.25, 0.3) is 5.91 Å². The molecule has 1 aliphatic heterocycles. The van der Waals surface area contributed by atoms with Crippen molar-refractivity contribution in [2.45, 2.75) is 38.3 Å². The highest BCUT2D eigenvalue weighted by Crippen LogP contribution is 2.22. The number of fused-ring (bicyclic) bond motifs is 1. The van der Waals surface area contributed by atoms with Gasteiger partial charge in [0.05, 0.1) is 17.2 Å². The van der Waals surface area contributed by atoms with Crippen LogP contribution in [-0.4, -0.2) is 43.1 Å². The van der Waals surface area contributed by atoms with Gasteiger partial charge in [0.15, 0.2) is 0 Å². The second-order valence-electron chi connectivity index (χ2n) is 6.45. The summed E-state index contributed by atoms with van der Waals surface area (Å²) in [6.07, 6.45) is 9.51. The molecule has 6 nitrogen and oxygen atoms in total. The van der Waals surface area contributed by atoms with Crippen LogP contribution in [0, 0.1) is 0 Å². The Kier molecular flexibility index (Phi) is 4.41. The van der Waals surface area contributed by atoms with Crippen LogP contribution in [0.5, 0.6) is 0 Å². The zero-order chi connectivity index (χ0) is 17.1. The summed E-state index contributed by atoms with van der Waals surface area (Å²) in [6.45, 7) is 1.61. The number of aromatic nitrogens is 4. The minimum absolute atomic E-state index is 0.0107. The third kappa shape index (κ3) is 3.38. The number of benzene rings is 1. The van der Waals surface area contributed by atoms with Crippen molar-refractivity contribution in [3.63, 3.8) is 0 Å². The van der Waals surface area contributed by atoms with Crippen molar-refractivity contribution in [2.24, 2.45) is 0 Å². The first-order chi connectivity index (χ1) is 12.3. The van der Waals surface area contributed by atoms with E-state index in [0.717, 1.165) is 49.8 Å². The smallest absolute Gasteiger partial charge is 0.274 e.